The standard InChI is InChI=1S/C54H36BN3/c1-2-17-38(18-3-1)55-48-27-10-4-22-42(48)43-23-9-15-32-54(43)58(55)40-20-16-19-39(36-40)56-50-29-12-8-26-46(50)47-35-37(33-34-53(47)56)41-21-5-11-28-49(41)57-51-30-13-6-24-44(51)45-25-7-14-31-52(45)57/h1-36H. The number of aromatic nitrogens is 2. The topological polar surface area (TPSA) is 13.1 Å². The van der Waals surface area contributed by atoms with E-state index in [9.17, 15) is 0 Å². The van der Waals surface area contributed by atoms with E-state index in [0.717, 1.165) is 11.4 Å². The Balaban J connectivity index is 1.04. The summed E-state index contributed by atoms with van der Waals surface area (Å²) in [5, 5.41) is 5.00. The summed E-state index contributed by atoms with van der Waals surface area (Å²) in [6.07, 6.45) is 0. The summed E-state index contributed by atoms with van der Waals surface area (Å²) in [6, 6.07) is 80.0. The molecule has 0 unspecified atom stereocenters. The van der Waals surface area contributed by atoms with Crippen LogP contribution in [0.5, 0.6) is 0 Å². The van der Waals surface area contributed by atoms with Crippen LogP contribution >= 0.6 is 0 Å². The van der Waals surface area contributed by atoms with Crippen LogP contribution in [0.2, 0.25) is 0 Å². The van der Waals surface area contributed by atoms with E-state index >= 15 is 0 Å². The van der Waals surface area contributed by atoms with E-state index in [0.29, 0.717) is 0 Å². The Hall–Kier alpha value is -7.56. The van der Waals surface area contributed by atoms with Crippen LogP contribution < -0.4 is 15.7 Å². The Morgan fingerprint density at radius 3 is 1.59 bits per heavy atom. The number of anilines is 2. The lowest BCUT2D eigenvalue weighted by molar-refractivity contribution is 1.17. The molecule has 1 aliphatic rings. The molecule has 1 aliphatic heterocycles. The van der Waals surface area contributed by atoms with Crippen LogP contribution in [0, 0.1) is 0 Å². The predicted octanol–water partition coefficient (Wildman–Crippen LogP) is 12.5. The van der Waals surface area contributed by atoms with Crippen molar-refractivity contribution in [3.05, 3.63) is 218 Å². The molecule has 4 heteroatoms. The van der Waals surface area contributed by atoms with Gasteiger partial charge in [0.1, 0.15) is 0 Å². The van der Waals surface area contributed by atoms with Crippen molar-refractivity contribution in [1.82, 2.24) is 9.13 Å². The molecule has 270 valence electrons. The molecular weight excluding hydrogens is 701 g/mol. The van der Waals surface area contributed by atoms with Gasteiger partial charge in [0, 0.05) is 49.7 Å². The molecule has 58 heavy (non-hydrogen) atoms. The van der Waals surface area contributed by atoms with Crippen molar-refractivity contribution in [1.29, 1.82) is 0 Å². The Kier molecular flexibility index (Phi) is 7.33. The third-order valence-electron chi connectivity index (χ3n) is 12.2. The fraction of sp³-hybridized carbons (Fsp3) is 0. The number of rotatable bonds is 5. The van der Waals surface area contributed by atoms with Gasteiger partial charge in [0.15, 0.2) is 0 Å². The highest BCUT2D eigenvalue weighted by atomic mass is 15.1. The van der Waals surface area contributed by atoms with Gasteiger partial charge in [-0.05, 0) is 77.3 Å². The zero-order valence-electron chi connectivity index (χ0n) is 31.7. The van der Waals surface area contributed by atoms with Crippen LogP contribution in [0.15, 0.2) is 218 Å². The molecule has 0 saturated carbocycles. The summed E-state index contributed by atoms with van der Waals surface area (Å²) in [5.74, 6) is 0. The Morgan fingerprint density at radius 1 is 0.310 bits per heavy atom. The zero-order valence-corrected chi connectivity index (χ0v) is 31.7. The number of hydrogen-bond donors (Lipinski definition) is 0. The Bertz CT molecular complexity index is 3320. The zero-order chi connectivity index (χ0) is 38.2. The quantitative estimate of drug-likeness (QED) is 0.160. The molecule has 0 N–H and O–H groups in total. The lowest BCUT2D eigenvalue weighted by Gasteiger charge is -2.39. The van der Waals surface area contributed by atoms with Gasteiger partial charge in [0.25, 0.3) is 0 Å². The molecule has 0 saturated heterocycles. The van der Waals surface area contributed by atoms with Gasteiger partial charge in [-0.2, -0.15) is 0 Å². The van der Waals surface area contributed by atoms with Crippen molar-refractivity contribution in [3.8, 4) is 33.6 Å². The van der Waals surface area contributed by atoms with E-state index in [4.69, 9.17) is 0 Å². The molecule has 3 nitrogen and oxygen atoms in total. The molecular formula is C54H36BN3. The first kappa shape index (κ1) is 32.7. The van der Waals surface area contributed by atoms with E-state index in [-0.39, 0.29) is 6.85 Å². The third kappa shape index (κ3) is 4.88. The second-order valence-corrected chi connectivity index (χ2v) is 15.3. The molecule has 3 heterocycles. The van der Waals surface area contributed by atoms with Crippen LogP contribution in [0.4, 0.5) is 11.4 Å². The largest absolute Gasteiger partial charge is 0.376 e. The number of fused-ring (bicyclic) bond motifs is 9. The van der Waals surface area contributed by atoms with Crippen molar-refractivity contribution in [2.24, 2.45) is 0 Å². The van der Waals surface area contributed by atoms with Crippen LogP contribution in [-0.4, -0.2) is 16.0 Å². The van der Waals surface area contributed by atoms with Gasteiger partial charge in [-0.25, -0.2) is 0 Å². The van der Waals surface area contributed by atoms with Crippen molar-refractivity contribution < 1.29 is 0 Å². The number of para-hydroxylation sites is 5. The summed E-state index contributed by atoms with van der Waals surface area (Å²) >= 11 is 0. The average Bonchev–Trinajstić information content (AvgIpc) is 3.81. The monoisotopic (exact) mass is 737 g/mol. The second-order valence-electron chi connectivity index (χ2n) is 15.3. The maximum atomic E-state index is 2.54. The van der Waals surface area contributed by atoms with Gasteiger partial charge < -0.3 is 13.9 Å². The van der Waals surface area contributed by atoms with E-state index in [1.807, 2.05) is 0 Å². The molecule has 12 rings (SSSR count). The number of hydrogen-bond acceptors (Lipinski definition) is 1. The van der Waals surface area contributed by atoms with Gasteiger partial charge in [0.05, 0.1) is 27.8 Å². The molecule has 0 spiro atoms. The maximum absolute atomic E-state index is 2.54. The number of nitrogens with zero attached hydrogens (tertiary/aromatic N) is 3. The molecule has 0 aliphatic carbocycles. The Labute approximate surface area is 337 Å². The molecule has 0 atom stereocenters. The van der Waals surface area contributed by atoms with Gasteiger partial charge in [0.2, 0.25) is 0 Å². The number of benzene rings is 9. The smallest absolute Gasteiger partial charge is 0.328 e. The highest BCUT2D eigenvalue weighted by molar-refractivity contribution is 6.90. The van der Waals surface area contributed by atoms with Crippen molar-refractivity contribution >= 4 is 72.8 Å². The predicted molar refractivity (Wildman–Crippen MR) is 246 cm³/mol. The summed E-state index contributed by atoms with van der Waals surface area (Å²) in [7, 11) is 0. The van der Waals surface area contributed by atoms with Crippen LogP contribution in [-0.2, 0) is 0 Å². The maximum Gasteiger partial charge on any atom is 0.328 e. The van der Waals surface area contributed by atoms with Gasteiger partial charge in [-0.1, -0.05) is 163 Å². The van der Waals surface area contributed by atoms with Gasteiger partial charge in [-0.15, -0.1) is 0 Å². The summed E-state index contributed by atoms with van der Waals surface area (Å²) in [6.45, 7) is 0.0119. The van der Waals surface area contributed by atoms with Gasteiger partial charge >= 0.3 is 6.85 Å². The molecule has 0 fully saturated rings. The summed E-state index contributed by atoms with van der Waals surface area (Å²) in [4.78, 5) is 2.54. The summed E-state index contributed by atoms with van der Waals surface area (Å²) in [5.41, 5.74) is 17.0. The fourth-order valence-corrected chi connectivity index (χ4v) is 9.72. The SMILES string of the molecule is c1ccc(B2c3ccccc3-c3ccccc3N2c2cccc(-n3c4ccccc4c4cc(-c5ccccc5-n5c6ccccc6c6ccccc65)ccc43)c2)cc1. The van der Waals surface area contributed by atoms with Crippen molar-refractivity contribution in [3.63, 3.8) is 0 Å². The van der Waals surface area contributed by atoms with Crippen LogP contribution in [0.3, 0.4) is 0 Å². The highest BCUT2D eigenvalue weighted by Crippen LogP contribution is 2.42. The highest BCUT2D eigenvalue weighted by Gasteiger charge is 2.37. The van der Waals surface area contributed by atoms with Crippen LogP contribution in [0.1, 0.15) is 0 Å². The lowest BCUT2D eigenvalue weighted by Crippen LogP contribution is -2.57. The molecule has 9 aromatic carbocycles. The molecule has 0 radical (unpaired) electrons. The fourth-order valence-electron chi connectivity index (χ4n) is 9.72. The van der Waals surface area contributed by atoms with Crippen molar-refractivity contribution in [2.45, 2.75) is 0 Å². The molecule has 2 aromatic heterocycles. The first-order valence-corrected chi connectivity index (χ1v) is 20.1. The average molecular weight is 738 g/mol. The van der Waals surface area contributed by atoms with E-state index < -0.39 is 0 Å². The third-order valence-corrected chi connectivity index (χ3v) is 12.2. The lowest BCUT2D eigenvalue weighted by atomic mass is 9.46. The molecule has 0 bridgehead atoms. The second kappa shape index (κ2) is 13.0. The van der Waals surface area contributed by atoms with Crippen LogP contribution in [0.25, 0.3) is 77.2 Å². The van der Waals surface area contributed by atoms with E-state index in [1.54, 1.807) is 0 Å². The minimum absolute atomic E-state index is 0.0119. The van der Waals surface area contributed by atoms with E-state index in [1.165, 1.54) is 88.2 Å². The summed E-state index contributed by atoms with van der Waals surface area (Å²) < 4.78 is 4.87. The van der Waals surface area contributed by atoms with Gasteiger partial charge in [-0.3, -0.25) is 0 Å². The minimum Gasteiger partial charge on any atom is -0.376 e. The van der Waals surface area contributed by atoms with E-state index in [2.05, 4.69) is 232 Å². The first-order valence-electron chi connectivity index (χ1n) is 20.1. The normalized spacial score (nSPS) is 12.4. The van der Waals surface area contributed by atoms with Crippen molar-refractivity contribution in [2.75, 3.05) is 4.81 Å². The Morgan fingerprint density at radius 2 is 0.845 bits per heavy atom. The molecule has 0 amide bonds. The minimum atomic E-state index is 0.0119. The first-order chi connectivity index (χ1) is 28.8. The molecule has 11 aromatic rings.